The summed E-state index contributed by atoms with van der Waals surface area (Å²) in [4.78, 5) is 14.8. The van der Waals surface area contributed by atoms with Crippen LogP contribution in [0.5, 0.6) is 0 Å². The summed E-state index contributed by atoms with van der Waals surface area (Å²) >= 11 is 0. The third-order valence-electron chi connectivity index (χ3n) is 3.88. The van der Waals surface area contributed by atoms with Crippen molar-refractivity contribution in [1.82, 2.24) is 10.3 Å². The highest BCUT2D eigenvalue weighted by atomic mass is 35.5. The van der Waals surface area contributed by atoms with Crippen molar-refractivity contribution >= 4 is 29.3 Å². The highest BCUT2D eigenvalue weighted by molar-refractivity contribution is 5.86. The molecule has 1 aromatic heterocycles. The van der Waals surface area contributed by atoms with E-state index in [0.717, 1.165) is 23.7 Å². The Morgan fingerprint density at radius 1 is 1.40 bits per heavy atom. The topological polar surface area (TPSA) is 65.1 Å². The van der Waals surface area contributed by atoms with Gasteiger partial charge in [0.1, 0.15) is 6.04 Å². The van der Waals surface area contributed by atoms with Gasteiger partial charge in [-0.15, -0.1) is 12.4 Å². The second-order valence-electron chi connectivity index (χ2n) is 5.17. The van der Waals surface area contributed by atoms with E-state index in [2.05, 4.69) is 23.3 Å². The van der Waals surface area contributed by atoms with Crippen molar-refractivity contribution in [2.24, 2.45) is 0 Å². The maximum absolute atomic E-state index is 11.3. The Hall–Kier alpha value is -1.52. The Kier molecular flexibility index (Phi) is 4.35. The van der Waals surface area contributed by atoms with E-state index in [-0.39, 0.29) is 18.4 Å². The van der Waals surface area contributed by atoms with Gasteiger partial charge < -0.3 is 10.1 Å². The zero-order valence-electron chi connectivity index (χ0n) is 11.3. The first kappa shape index (κ1) is 14.9. The van der Waals surface area contributed by atoms with Crippen molar-refractivity contribution in [3.8, 4) is 0 Å². The van der Waals surface area contributed by atoms with Gasteiger partial charge in [0.15, 0.2) is 0 Å². The molecule has 3 N–H and O–H groups in total. The SMILES string of the molecule is CCC[C@H]1N[C@@H](C(=O)O)Cc2c1[nH]c1ccccc21.Cl. The smallest absolute Gasteiger partial charge is 0.321 e. The van der Waals surface area contributed by atoms with Gasteiger partial charge in [-0.05, 0) is 18.1 Å². The maximum Gasteiger partial charge on any atom is 0.321 e. The molecule has 0 amide bonds. The number of aromatic nitrogens is 1. The predicted octanol–water partition coefficient (Wildman–Crippen LogP) is 3.03. The Labute approximate surface area is 124 Å². The van der Waals surface area contributed by atoms with E-state index in [4.69, 9.17) is 0 Å². The second-order valence-corrected chi connectivity index (χ2v) is 5.17. The predicted molar refractivity (Wildman–Crippen MR) is 81.5 cm³/mol. The monoisotopic (exact) mass is 294 g/mol. The fourth-order valence-corrected chi connectivity index (χ4v) is 3.00. The lowest BCUT2D eigenvalue weighted by atomic mass is 9.92. The Bertz CT molecular complexity index is 623. The van der Waals surface area contributed by atoms with Crippen LogP contribution >= 0.6 is 12.4 Å². The Balaban J connectivity index is 0.00000147. The molecule has 5 heteroatoms. The number of carboxylic acids is 1. The quantitative estimate of drug-likeness (QED) is 0.815. The van der Waals surface area contributed by atoms with Crippen molar-refractivity contribution in [1.29, 1.82) is 0 Å². The number of carboxylic acid groups (broad SMARTS) is 1. The van der Waals surface area contributed by atoms with E-state index >= 15 is 0 Å². The van der Waals surface area contributed by atoms with E-state index in [0.29, 0.717) is 6.42 Å². The number of para-hydroxylation sites is 1. The highest BCUT2D eigenvalue weighted by Gasteiger charge is 2.32. The summed E-state index contributed by atoms with van der Waals surface area (Å²) in [5.74, 6) is -0.767. The number of halogens is 1. The van der Waals surface area contributed by atoms with Crippen LogP contribution in [0.4, 0.5) is 0 Å². The third kappa shape index (κ3) is 2.41. The Morgan fingerprint density at radius 2 is 2.15 bits per heavy atom. The summed E-state index contributed by atoms with van der Waals surface area (Å²) in [6.45, 7) is 2.12. The van der Waals surface area contributed by atoms with Crippen LogP contribution in [0.3, 0.4) is 0 Å². The zero-order chi connectivity index (χ0) is 13.4. The average Bonchev–Trinajstić information content (AvgIpc) is 2.78. The van der Waals surface area contributed by atoms with Crippen molar-refractivity contribution < 1.29 is 9.90 Å². The molecule has 0 saturated carbocycles. The number of H-pyrrole nitrogens is 1. The lowest BCUT2D eigenvalue weighted by Gasteiger charge is -2.29. The van der Waals surface area contributed by atoms with Gasteiger partial charge in [0.05, 0.1) is 0 Å². The van der Waals surface area contributed by atoms with Gasteiger partial charge in [0.2, 0.25) is 0 Å². The maximum atomic E-state index is 11.3. The minimum atomic E-state index is -0.767. The molecule has 1 aliphatic rings. The highest BCUT2D eigenvalue weighted by Crippen LogP contribution is 2.33. The summed E-state index contributed by atoms with van der Waals surface area (Å²) in [5.41, 5.74) is 3.43. The minimum Gasteiger partial charge on any atom is -0.480 e. The molecular formula is C15H19ClN2O2. The minimum absolute atomic E-state index is 0. The molecule has 108 valence electrons. The van der Waals surface area contributed by atoms with Crippen molar-refractivity contribution in [2.45, 2.75) is 38.3 Å². The molecule has 3 rings (SSSR count). The van der Waals surface area contributed by atoms with E-state index < -0.39 is 12.0 Å². The van der Waals surface area contributed by atoms with E-state index in [1.54, 1.807) is 0 Å². The fraction of sp³-hybridized carbons (Fsp3) is 0.400. The van der Waals surface area contributed by atoms with Crippen LogP contribution in [-0.2, 0) is 11.2 Å². The number of rotatable bonds is 3. The average molecular weight is 295 g/mol. The summed E-state index contributed by atoms with van der Waals surface area (Å²) in [6, 6.07) is 7.75. The lowest BCUT2D eigenvalue weighted by Crippen LogP contribution is -2.44. The van der Waals surface area contributed by atoms with Crippen LogP contribution in [0.15, 0.2) is 24.3 Å². The van der Waals surface area contributed by atoms with Crippen LogP contribution in [0.25, 0.3) is 10.9 Å². The van der Waals surface area contributed by atoms with Gasteiger partial charge in [-0.25, -0.2) is 0 Å². The molecule has 0 aliphatic carbocycles. The molecule has 1 aromatic carbocycles. The molecule has 2 aromatic rings. The van der Waals surface area contributed by atoms with E-state index in [9.17, 15) is 9.90 Å². The normalized spacial score (nSPS) is 21.2. The summed E-state index contributed by atoms with van der Waals surface area (Å²) in [5, 5.41) is 13.7. The number of hydrogen-bond acceptors (Lipinski definition) is 2. The van der Waals surface area contributed by atoms with Crippen LogP contribution < -0.4 is 5.32 Å². The van der Waals surface area contributed by atoms with Gasteiger partial charge in [-0.2, -0.15) is 0 Å². The van der Waals surface area contributed by atoms with Crippen molar-refractivity contribution in [3.05, 3.63) is 35.5 Å². The molecule has 0 bridgehead atoms. The van der Waals surface area contributed by atoms with Crippen LogP contribution in [-0.4, -0.2) is 22.1 Å². The first-order valence-electron chi connectivity index (χ1n) is 6.79. The first-order valence-corrected chi connectivity index (χ1v) is 6.79. The summed E-state index contributed by atoms with van der Waals surface area (Å²) in [7, 11) is 0. The van der Waals surface area contributed by atoms with Crippen molar-refractivity contribution in [3.63, 3.8) is 0 Å². The molecule has 1 aliphatic heterocycles. The molecule has 0 fully saturated rings. The number of carbonyl (C=O) groups is 1. The first-order chi connectivity index (χ1) is 9.20. The van der Waals surface area contributed by atoms with Gasteiger partial charge in [-0.1, -0.05) is 31.5 Å². The molecule has 2 atom stereocenters. The molecule has 0 saturated heterocycles. The number of hydrogen-bond donors (Lipinski definition) is 3. The van der Waals surface area contributed by atoms with E-state index in [1.807, 2.05) is 18.2 Å². The molecule has 0 radical (unpaired) electrons. The largest absolute Gasteiger partial charge is 0.480 e. The van der Waals surface area contributed by atoms with Gasteiger partial charge >= 0.3 is 5.97 Å². The lowest BCUT2D eigenvalue weighted by molar-refractivity contribution is -0.139. The number of aliphatic carboxylic acids is 1. The number of nitrogens with one attached hydrogen (secondary N) is 2. The van der Waals surface area contributed by atoms with Crippen molar-refractivity contribution in [2.75, 3.05) is 0 Å². The summed E-state index contributed by atoms with van der Waals surface area (Å²) in [6.07, 6.45) is 2.53. The van der Waals surface area contributed by atoms with Gasteiger partial charge in [0, 0.05) is 29.1 Å². The van der Waals surface area contributed by atoms with Crippen LogP contribution in [0.1, 0.15) is 37.1 Å². The Morgan fingerprint density at radius 3 is 2.85 bits per heavy atom. The zero-order valence-corrected chi connectivity index (χ0v) is 12.2. The van der Waals surface area contributed by atoms with Gasteiger partial charge in [-0.3, -0.25) is 10.1 Å². The van der Waals surface area contributed by atoms with Crippen LogP contribution in [0.2, 0.25) is 0 Å². The fourth-order valence-electron chi connectivity index (χ4n) is 3.00. The standard InChI is InChI=1S/C15H18N2O2.ClH/c1-2-5-12-14-10(8-13(16-12)15(18)19)9-6-3-4-7-11(9)17-14;/h3-4,6-7,12-13,16-17H,2,5,8H2,1H3,(H,18,19);1H/t12-,13-;/m1./s1. The number of benzene rings is 1. The third-order valence-corrected chi connectivity index (χ3v) is 3.88. The number of fused-ring (bicyclic) bond motifs is 3. The molecule has 20 heavy (non-hydrogen) atoms. The summed E-state index contributed by atoms with van der Waals surface area (Å²) < 4.78 is 0. The van der Waals surface area contributed by atoms with Gasteiger partial charge in [0.25, 0.3) is 0 Å². The number of aromatic amines is 1. The molecule has 0 unspecified atom stereocenters. The molecule has 4 nitrogen and oxygen atoms in total. The van der Waals surface area contributed by atoms with E-state index in [1.165, 1.54) is 11.3 Å². The second kappa shape index (κ2) is 5.85. The molecule has 0 spiro atoms. The van der Waals surface area contributed by atoms with Crippen LogP contribution in [0, 0.1) is 0 Å². The molecule has 2 heterocycles. The molecular weight excluding hydrogens is 276 g/mol.